The number of rotatable bonds is 6. The van der Waals surface area contributed by atoms with Crippen LogP contribution >= 0.6 is 0 Å². The van der Waals surface area contributed by atoms with Crippen molar-refractivity contribution in [3.8, 4) is 5.75 Å². The van der Waals surface area contributed by atoms with Crippen LogP contribution in [0.2, 0.25) is 0 Å². The Labute approximate surface area is 182 Å². The largest absolute Gasteiger partial charge is 0.438 e. The van der Waals surface area contributed by atoms with E-state index in [2.05, 4.69) is 4.74 Å². The summed E-state index contributed by atoms with van der Waals surface area (Å²) in [6.07, 6.45) is -13.0. The summed E-state index contributed by atoms with van der Waals surface area (Å²) in [5, 5.41) is 0. The van der Waals surface area contributed by atoms with Gasteiger partial charge in [0, 0.05) is 0 Å². The predicted molar refractivity (Wildman–Crippen MR) is 99.3 cm³/mol. The molecule has 2 aromatic rings. The maximum atomic E-state index is 13.4. The molecule has 0 atom stereocenters. The molecule has 180 valence electrons. The fourth-order valence-corrected chi connectivity index (χ4v) is 3.46. The number of alkyl halides is 6. The van der Waals surface area contributed by atoms with E-state index in [0.717, 1.165) is 18.2 Å². The Morgan fingerprint density at radius 2 is 1.45 bits per heavy atom. The first-order valence-electron chi connectivity index (χ1n) is 8.67. The SMILES string of the molecule is Cc1ccc(C(=O)OC(CS(=O)(=O)O)(C(F)(F)F)C(F)(F)F)c(OC(=O)c2ccccc2)c1. The normalized spacial score (nSPS) is 12.8. The average molecular weight is 500 g/mol. The summed E-state index contributed by atoms with van der Waals surface area (Å²) in [6, 6.07) is 9.83. The molecule has 0 aliphatic heterocycles. The van der Waals surface area contributed by atoms with Crippen molar-refractivity contribution in [2.75, 3.05) is 5.75 Å². The van der Waals surface area contributed by atoms with Crippen molar-refractivity contribution in [2.45, 2.75) is 24.9 Å². The van der Waals surface area contributed by atoms with Crippen molar-refractivity contribution in [3.63, 3.8) is 0 Å². The molecule has 2 aromatic carbocycles. The van der Waals surface area contributed by atoms with E-state index in [1.165, 1.54) is 31.2 Å². The van der Waals surface area contributed by atoms with Crippen LogP contribution in [0, 0.1) is 6.92 Å². The number of aryl methyl sites for hydroxylation is 1. The first-order chi connectivity index (χ1) is 15.0. The Hall–Kier alpha value is -3.13. The Morgan fingerprint density at radius 1 is 0.909 bits per heavy atom. The van der Waals surface area contributed by atoms with Crippen LogP contribution in [0.1, 0.15) is 26.3 Å². The Kier molecular flexibility index (Phi) is 7.14. The molecule has 0 aliphatic rings. The number of hydrogen-bond donors (Lipinski definition) is 1. The molecule has 33 heavy (non-hydrogen) atoms. The zero-order valence-corrected chi connectivity index (χ0v) is 17.2. The molecule has 0 fully saturated rings. The van der Waals surface area contributed by atoms with Crippen molar-refractivity contribution in [1.82, 2.24) is 0 Å². The highest BCUT2D eigenvalue weighted by molar-refractivity contribution is 7.85. The van der Waals surface area contributed by atoms with Gasteiger partial charge in [0.15, 0.2) is 0 Å². The van der Waals surface area contributed by atoms with Gasteiger partial charge in [-0.25, -0.2) is 9.59 Å². The van der Waals surface area contributed by atoms with Gasteiger partial charge in [-0.2, -0.15) is 34.8 Å². The summed E-state index contributed by atoms with van der Waals surface area (Å²) in [5.41, 5.74) is -6.38. The van der Waals surface area contributed by atoms with Crippen LogP contribution < -0.4 is 4.74 Å². The monoisotopic (exact) mass is 500 g/mol. The summed E-state index contributed by atoms with van der Waals surface area (Å²) >= 11 is 0. The van der Waals surface area contributed by atoms with Gasteiger partial charge >= 0.3 is 29.9 Å². The summed E-state index contributed by atoms with van der Waals surface area (Å²) in [6.45, 7) is 1.42. The number of esters is 2. The molecule has 0 spiro atoms. The second-order valence-corrected chi connectivity index (χ2v) is 8.15. The molecule has 2 rings (SSSR count). The van der Waals surface area contributed by atoms with Gasteiger partial charge in [-0.15, -0.1) is 0 Å². The fourth-order valence-electron chi connectivity index (χ4n) is 2.56. The van der Waals surface area contributed by atoms with E-state index in [1.54, 1.807) is 6.07 Å². The van der Waals surface area contributed by atoms with E-state index >= 15 is 0 Å². The summed E-state index contributed by atoms with van der Waals surface area (Å²) in [5.74, 6) is -7.17. The van der Waals surface area contributed by atoms with E-state index in [0.29, 0.717) is 5.56 Å². The molecule has 0 aromatic heterocycles. The van der Waals surface area contributed by atoms with Gasteiger partial charge in [-0.3, -0.25) is 4.55 Å². The van der Waals surface area contributed by atoms with Gasteiger partial charge in [0.25, 0.3) is 10.1 Å². The fraction of sp³-hybridized carbons (Fsp3) is 0.263. The van der Waals surface area contributed by atoms with Gasteiger partial charge in [0.05, 0.1) is 5.56 Å². The third-order valence-corrected chi connectivity index (χ3v) is 4.91. The molecule has 1 N–H and O–H groups in total. The molecule has 0 unspecified atom stereocenters. The minimum absolute atomic E-state index is 0.0513. The molecule has 0 saturated carbocycles. The van der Waals surface area contributed by atoms with Crippen LogP contribution in [-0.4, -0.2) is 48.6 Å². The third-order valence-electron chi connectivity index (χ3n) is 4.14. The molecular weight excluding hydrogens is 486 g/mol. The third kappa shape index (κ3) is 6.01. The van der Waals surface area contributed by atoms with Gasteiger partial charge in [0.1, 0.15) is 17.1 Å². The topological polar surface area (TPSA) is 107 Å². The average Bonchev–Trinajstić information content (AvgIpc) is 2.65. The van der Waals surface area contributed by atoms with Crippen LogP contribution in [0.5, 0.6) is 5.75 Å². The second-order valence-electron chi connectivity index (χ2n) is 6.69. The van der Waals surface area contributed by atoms with E-state index in [4.69, 9.17) is 9.29 Å². The van der Waals surface area contributed by atoms with Crippen LogP contribution in [0.3, 0.4) is 0 Å². The van der Waals surface area contributed by atoms with Crippen molar-refractivity contribution in [1.29, 1.82) is 0 Å². The highest BCUT2D eigenvalue weighted by Crippen LogP contribution is 2.47. The summed E-state index contributed by atoms with van der Waals surface area (Å²) < 4.78 is 120. The van der Waals surface area contributed by atoms with Crippen LogP contribution in [0.25, 0.3) is 0 Å². The Morgan fingerprint density at radius 3 is 1.94 bits per heavy atom. The van der Waals surface area contributed by atoms with Crippen molar-refractivity contribution < 1.29 is 58.4 Å². The van der Waals surface area contributed by atoms with Crippen LogP contribution in [-0.2, 0) is 14.9 Å². The maximum Gasteiger partial charge on any atom is 0.438 e. The zero-order chi connectivity index (χ0) is 25.2. The first-order valence-corrected chi connectivity index (χ1v) is 10.3. The summed E-state index contributed by atoms with van der Waals surface area (Å²) in [7, 11) is -5.95. The van der Waals surface area contributed by atoms with Crippen molar-refractivity contribution in [2.24, 2.45) is 0 Å². The van der Waals surface area contributed by atoms with Gasteiger partial charge in [-0.1, -0.05) is 24.3 Å². The highest BCUT2D eigenvalue weighted by Gasteiger charge is 2.76. The Bertz CT molecular complexity index is 1130. The lowest BCUT2D eigenvalue weighted by Crippen LogP contribution is -2.63. The molecule has 0 radical (unpaired) electrons. The zero-order valence-electron chi connectivity index (χ0n) is 16.4. The first kappa shape index (κ1) is 26.1. The van der Waals surface area contributed by atoms with E-state index < -0.39 is 57.1 Å². The van der Waals surface area contributed by atoms with E-state index in [9.17, 15) is 44.3 Å². The number of carbonyl (C=O) groups excluding carboxylic acids is 2. The van der Waals surface area contributed by atoms with Crippen LogP contribution in [0.4, 0.5) is 26.3 Å². The van der Waals surface area contributed by atoms with Crippen LogP contribution in [0.15, 0.2) is 48.5 Å². The molecule has 7 nitrogen and oxygen atoms in total. The molecular formula is C19H14F6O7S. The van der Waals surface area contributed by atoms with Gasteiger partial charge < -0.3 is 9.47 Å². The minimum Gasteiger partial charge on any atom is -0.434 e. The molecule has 0 amide bonds. The molecule has 0 heterocycles. The number of hydrogen-bond acceptors (Lipinski definition) is 6. The lowest BCUT2D eigenvalue weighted by atomic mass is 10.0. The standard InChI is InChI=1S/C19H14F6O7S/c1-11-7-8-13(14(9-11)31-15(26)12-5-3-2-4-6-12)16(27)32-17(18(20,21)22,19(23,24)25)10-33(28,29)30/h2-9H,10H2,1H3,(H,28,29,30). The van der Waals surface area contributed by atoms with E-state index in [1.807, 2.05) is 0 Å². The lowest BCUT2D eigenvalue weighted by molar-refractivity contribution is -0.356. The lowest BCUT2D eigenvalue weighted by Gasteiger charge is -2.35. The van der Waals surface area contributed by atoms with Gasteiger partial charge in [0.2, 0.25) is 0 Å². The number of carbonyl (C=O) groups is 2. The van der Waals surface area contributed by atoms with Crippen molar-refractivity contribution in [3.05, 3.63) is 65.2 Å². The Balaban J connectivity index is 2.54. The number of halogens is 6. The second kappa shape index (κ2) is 9.02. The molecule has 14 heteroatoms. The maximum absolute atomic E-state index is 13.4. The number of benzene rings is 2. The van der Waals surface area contributed by atoms with Gasteiger partial charge in [-0.05, 0) is 36.8 Å². The quantitative estimate of drug-likeness (QED) is 0.275. The molecule has 0 saturated heterocycles. The minimum atomic E-state index is -6.50. The van der Waals surface area contributed by atoms with E-state index in [-0.39, 0.29) is 5.56 Å². The predicted octanol–water partition coefficient (Wildman–Crippen LogP) is 4.12. The number of ether oxygens (including phenoxy) is 2. The summed E-state index contributed by atoms with van der Waals surface area (Å²) in [4.78, 5) is 24.6. The molecule has 0 aliphatic carbocycles. The smallest absolute Gasteiger partial charge is 0.434 e. The molecule has 0 bridgehead atoms. The highest BCUT2D eigenvalue weighted by atomic mass is 32.2. The van der Waals surface area contributed by atoms with Crippen molar-refractivity contribution >= 4 is 22.1 Å².